The van der Waals surface area contributed by atoms with Gasteiger partial charge in [-0.15, -0.1) is 24.0 Å². The molecule has 1 aliphatic carbocycles. The summed E-state index contributed by atoms with van der Waals surface area (Å²) in [7, 11) is 5.86. The highest BCUT2D eigenvalue weighted by atomic mass is 127. The molecule has 0 saturated heterocycles. The lowest BCUT2D eigenvalue weighted by molar-refractivity contribution is -0.0504. The van der Waals surface area contributed by atoms with E-state index in [2.05, 4.69) is 39.4 Å². The van der Waals surface area contributed by atoms with Crippen LogP contribution in [0.4, 0.5) is 8.78 Å². The van der Waals surface area contributed by atoms with Gasteiger partial charge in [0.2, 0.25) is 0 Å². The minimum Gasteiger partial charge on any atom is -0.434 e. The number of alkyl halides is 2. The maximum absolute atomic E-state index is 12.4. The number of para-hydroxylation sites is 1. The number of rotatable bonds is 8. The zero-order valence-electron chi connectivity index (χ0n) is 14.8. The first kappa shape index (κ1) is 21.9. The lowest BCUT2D eigenvalue weighted by Crippen LogP contribution is -2.45. The van der Waals surface area contributed by atoms with Gasteiger partial charge in [0.15, 0.2) is 5.96 Å². The summed E-state index contributed by atoms with van der Waals surface area (Å²) >= 11 is 0. The van der Waals surface area contributed by atoms with Crippen LogP contribution in [-0.4, -0.2) is 51.2 Å². The second kappa shape index (κ2) is 10.7. The number of likely N-dealkylation sites (N-methyl/N-ethyl adjacent to an activating group) is 1. The van der Waals surface area contributed by atoms with Crippen molar-refractivity contribution >= 4 is 29.9 Å². The molecule has 1 fully saturated rings. The Balaban J connectivity index is 0.00000312. The van der Waals surface area contributed by atoms with Crippen LogP contribution in [0.1, 0.15) is 18.4 Å². The van der Waals surface area contributed by atoms with E-state index in [4.69, 9.17) is 0 Å². The van der Waals surface area contributed by atoms with Crippen molar-refractivity contribution in [3.63, 3.8) is 0 Å². The minimum absolute atomic E-state index is 0. The average molecular weight is 468 g/mol. The Morgan fingerprint density at radius 2 is 1.96 bits per heavy atom. The number of aliphatic imine (C=N–C) groups is 1. The molecule has 2 rings (SSSR count). The second-order valence-electron chi connectivity index (χ2n) is 6.16. The Kier molecular flexibility index (Phi) is 9.41. The number of guanidine groups is 1. The molecule has 0 radical (unpaired) electrons. The summed E-state index contributed by atoms with van der Waals surface area (Å²) in [5.74, 6) is 1.57. The summed E-state index contributed by atoms with van der Waals surface area (Å²) in [6.07, 6.45) is 2.55. The Morgan fingerprint density at radius 1 is 1.28 bits per heavy atom. The van der Waals surface area contributed by atoms with Crippen molar-refractivity contribution in [2.24, 2.45) is 10.9 Å². The molecule has 0 amide bonds. The van der Waals surface area contributed by atoms with Crippen LogP contribution in [0.25, 0.3) is 0 Å². The molecular formula is C17H27F2IN4O. The van der Waals surface area contributed by atoms with E-state index < -0.39 is 6.61 Å². The van der Waals surface area contributed by atoms with Crippen LogP contribution in [0.2, 0.25) is 0 Å². The zero-order chi connectivity index (χ0) is 17.5. The van der Waals surface area contributed by atoms with Crippen molar-refractivity contribution in [3.05, 3.63) is 29.8 Å². The van der Waals surface area contributed by atoms with Crippen LogP contribution in [0.3, 0.4) is 0 Å². The molecule has 0 bridgehead atoms. The summed E-state index contributed by atoms with van der Waals surface area (Å²) in [4.78, 5) is 6.42. The highest BCUT2D eigenvalue weighted by Gasteiger charge is 2.32. The smallest absolute Gasteiger partial charge is 0.387 e. The number of nitrogens with one attached hydrogen (secondary N) is 2. The molecule has 1 aromatic rings. The van der Waals surface area contributed by atoms with Gasteiger partial charge in [0, 0.05) is 31.7 Å². The first-order valence-electron chi connectivity index (χ1n) is 8.15. The number of benzene rings is 1. The topological polar surface area (TPSA) is 48.9 Å². The molecule has 1 saturated carbocycles. The molecule has 25 heavy (non-hydrogen) atoms. The lowest BCUT2D eigenvalue weighted by atomic mass is 10.1. The van der Waals surface area contributed by atoms with Gasteiger partial charge in [0.05, 0.1) is 0 Å². The summed E-state index contributed by atoms with van der Waals surface area (Å²) in [5.41, 5.74) is 0.659. The molecule has 1 aromatic carbocycles. The van der Waals surface area contributed by atoms with E-state index in [1.165, 1.54) is 18.9 Å². The molecule has 1 aliphatic rings. The molecule has 142 valence electrons. The van der Waals surface area contributed by atoms with E-state index in [0.717, 1.165) is 12.5 Å². The first-order valence-corrected chi connectivity index (χ1v) is 8.15. The van der Waals surface area contributed by atoms with Gasteiger partial charge in [-0.25, -0.2) is 0 Å². The highest BCUT2D eigenvalue weighted by molar-refractivity contribution is 14.0. The van der Waals surface area contributed by atoms with Crippen LogP contribution < -0.4 is 15.4 Å². The third kappa shape index (κ3) is 7.31. The molecule has 5 nitrogen and oxygen atoms in total. The molecule has 0 aliphatic heterocycles. The van der Waals surface area contributed by atoms with Crippen molar-refractivity contribution in [1.82, 2.24) is 15.5 Å². The monoisotopic (exact) mass is 468 g/mol. The number of hydrogen-bond donors (Lipinski definition) is 2. The SMILES string of the molecule is CN=C(NCc1ccccc1OC(F)F)NCC(C1CC1)N(C)C.I. The second-order valence-corrected chi connectivity index (χ2v) is 6.16. The first-order chi connectivity index (χ1) is 11.5. The Hall–Kier alpha value is -1.16. The van der Waals surface area contributed by atoms with Crippen molar-refractivity contribution in [1.29, 1.82) is 0 Å². The quantitative estimate of drug-likeness (QED) is 0.350. The van der Waals surface area contributed by atoms with Crippen LogP contribution in [-0.2, 0) is 6.54 Å². The van der Waals surface area contributed by atoms with E-state index >= 15 is 0 Å². The summed E-state index contributed by atoms with van der Waals surface area (Å²) < 4.78 is 29.4. The molecular weight excluding hydrogens is 441 g/mol. The minimum atomic E-state index is -2.83. The number of halogens is 3. The van der Waals surface area contributed by atoms with Gasteiger partial charge in [-0.2, -0.15) is 8.78 Å². The maximum Gasteiger partial charge on any atom is 0.387 e. The largest absolute Gasteiger partial charge is 0.434 e. The van der Waals surface area contributed by atoms with Gasteiger partial charge in [-0.3, -0.25) is 4.99 Å². The number of ether oxygens (including phenoxy) is 1. The normalized spacial score (nSPS) is 15.7. The number of hydrogen-bond acceptors (Lipinski definition) is 3. The third-order valence-electron chi connectivity index (χ3n) is 4.17. The fourth-order valence-corrected chi connectivity index (χ4v) is 2.71. The van der Waals surface area contributed by atoms with E-state index in [1.54, 1.807) is 25.2 Å². The molecule has 8 heteroatoms. The fourth-order valence-electron chi connectivity index (χ4n) is 2.71. The molecule has 1 atom stereocenters. The van der Waals surface area contributed by atoms with Crippen molar-refractivity contribution in [3.8, 4) is 5.75 Å². The Morgan fingerprint density at radius 3 is 2.52 bits per heavy atom. The Labute approximate surface area is 165 Å². The van der Waals surface area contributed by atoms with Gasteiger partial charge >= 0.3 is 6.61 Å². The van der Waals surface area contributed by atoms with Crippen molar-refractivity contribution in [2.75, 3.05) is 27.7 Å². The van der Waals surface area contributed by atoms with Crippen LogP contribution >= 0.6 is 24.0 Å². The van der Waals surface area contributed by atoms with Gasteiger partial charge in [0.1, 0.15) is 5.75 Å². The van der Waals surface area contributed by atoms with Crippen LogP contribution in [0, 0.1) is 5.92 Å². The predicted molar refractivity (Wildman–Crippen MR) is 107 cm³/mol. The highest BCUT2D eigenvalue weighted by Crippen LogP contribution is 2.34. The zero-order valence-corrected chi connectivity index (χ0v) is 17.2. The molecule has 0 heterocycles. The Bertz CT molecular complexity index is 551. The van der Waals surface area contributed by atoms with Gasteiger partial charge in [-0.1, -0.05) is 18.2 Å². The van der Waals surface area contributed by atoms with Crippen LogP contribution in [0.5, 0.6) is 5.75 Å². The van der Waals surface area contributed by atoms with E-state index in [9.17, 15) is 8.78 Å². The maximum atomic E-state index is 12.4. The standard InChI is InChI=1S/C17H26F2N4O.HI/c1-20-17(22-11-14(23(2)3)12-8-9-12)21-10-13-6-4-5-7-15(13)24-16(18)19;/h4-7,12,14,16H,8-11H2,1-3H3,(H2,20,21,22);1H. The number of nitrogens with zero attached hydrogens (tertiary/aromatic N) is 2. The molecule has 1 unspecified atom stereocenters. The lowest BCUT2D eigenvalue weighted by Gasteiger charge is -2.25. The fraction of sp³-hybridized carbons (Fsp3) is 0.588. The van der Waals surface area contributed by atoms with Gasteiger partial charge in [0.25, 0.3) is 0 Å². The van der Waals surface area contributed by atoms with Gasteiger partial charge < -0.3 is 20.3 Å². The summed E-state index contributed by atoms with van der Waals surface area (Å²) in [6.45, 7) is -1.67. The van der Waals surface area contributed by atoms with E-state index in [0.29, 0.717) is 24.1 Å². The summed E-state index contributed by atoms with van der Waals surface area (Å²) in [5, 5.41) is 6.46. The molecule has 0 aromatic heterocycles. The predicted octanol–water partition coefficient (Wildman–Crippen LogP) is 2.91. The van der Waals surface area contributed by atoms with E-state index in [-0.39, 0.29) is 29.7 Å². The van der Waals surface area contributed by atoms with Crippen molar-refractivity contribution < 1.29 is 13.5 Å². The van der Waals surface area contributed by atoms with Crippen molar-refractivity contribution in [2.45, 2.75) is 32.0 Å². The van der Waals surface area contributed by atoms with E-state index in [1.807, 2.05) is 0 Å². The summed E-state index contributed by atoms with van der Waals surface area (Å²) in [6, 6.07) is 7.23. The van der Waals surface area contributed by atoms with Crippen LogP contribution in [0.15, 0.2) is 29.3 Å². The molecule has 2 N–H and O–H groups in total. The van der Waals surface area contributed by atoms with Gasteiger partial charge in [-0.05, 0) is 38.9 Å². The third-order valence-corrected chi connectivity index (χ3v) is 4.17. The average Bonchev–Trinajstić information content (AvgIpc) is 3.36. The molecule has 0 spiro atoms.